The first-order valence-corrected chi connectivity index (χ1v) is 11.2. The van der Waals surface area contributed by atoms with Crippen LogP contribution in [0.5, 0.6) is 0 Å². The molecule has 1 amide bonds. The number of nitrogens with two attached hydrogens (primary N) is 1. The number of aromatic nitrogens is 4. The lowest BCUT2D eigenvalue weighted by Crippen LogP contribution is -2.47. The Morgan fingerprint density at radius 2 is 1.71 bits per heavy atom. The number of nitrogens with zero attached hydrogens (tertiary/aromatic N) is 6. The van der Waals surface area contributed by atoms with E-state index in [0.717, 1.165) is 50.2 Å². The molecule has 162 valence electrons. The number of anilines is 1. The van der Waals surface area contributed by atoms with Crippen molar-refractivity contribution in [3.8, 4) is 11.4 Å². The molecule has 0 bridgehead atoms. The maximum atomic E-state index is 12.8. The van der Waals surface area contributed by atoms with Gasteiger partial charge in [-0.2, -0.15) is 0 Å². The highest BCUT2D eigenvalue weighted by Gasteiger charge is 2.22. The van der Waals surface area contributed by atoms with Gasteiger partial charge >= 0.3 is 0 Å². The third-order valence-corrected chi connectivity index (χ3v) is 6.60. The number of imidazole rings is 1. The molecule has 1 saturated carbocycles. The summed E-state index contributed by atoms with van der Waals surface area (Å²) in [7, 11) is 2.08. The number of piperazine rings is 1. The number of amides is 1. The molecule has 1 saturated heterocycles. The average molecular weight is 420 g/mol. The molecule has 0 spiro atoms. The van der Waals surface area contributed by atoms with Crippen molar-refractivity contribution in [2.24, 2.45) is 0 Å². The third-order valence-electron chi connectivity index (χ3n) is 6.60. The SMILES string of the molecule is CN1CCN(C(=O)c2ccc(-c3nc(N)c4ncn(C5CCCCC5)c4n3)cc2)CC1. The van der Waals surface area contributed by atoms with Crippen molar-refractivity contribution in [2.75, 3.05) is 39.0 Å². The summed E-state index contributed by atoms with van der Waals surface area (Å²) in [6.45, 7) is 3.34. The molecule has 2 N–H and O–H groups in total. The fraction of sp³-hybridized carbons (Fsp3) is 0.478. The Balaban J connectivity index is 1.42. The van der Waals surface area contributed by atoms with E-state index in [4.69, 9.17) is 10.7 Å². The summed E-state index contributed by atoms with van der Waals surface area (Å²) in [6.07, 6.45) is 7.92. The normalized spacial score (nSPS) is 18.5. The molecule has 2 aliphatic rings. The number of nitrogen functional groups attached to an aromatic ring is 1. The van der Waals surface area contributed by atoms with E-state index in [9.17, 15) is 4.79 Å². The Labute approximate surface area is 182 Å². The number of carbonyl (C=O) groups is 1. The molecule has 0 radical (unpaired) electrons. The van der Waals surface area contributed by atoms with Crippen LogP contribution in [0.1, 0.15) is 48.5 Å². The first kappa shape index (κ1) is 19.9. The van der Waals surface area contributed by atoms with Crippen molar-refractivity contribution < 1.29 is 4.79 Å². The standard InChI is InChI=1S/C23H29N7O/c1-28-11-13-29(14-12-28)23(31)17-9-7-16(8-10-17)21-26-20(24)19-22(27-21)30(15-25-19)18-5-3-2-4-6-18/h7-10,15,18H,2-6,11-14H2,1H3,(H2,24,26,27). The van der Waals surface area contributed by atoms with Gasteiger partial charge in [-0.25, -0.2) is 15.0 Å². The lowest BCUT2D eigenvalue weighted by atomic mass is 9.95. The van der Waals surface area contributed by atoms with Crippen LogP contribution in [0.2, 0.25) is 0 Å². The van der Waals surface area contributed by atoms with Crippen molar-refractivity contribution in [1.82, 2.24) is 29.3 Å². The fourth-order valence-corrected chi connectivity index (χ4v) is 4.65. The van der Waals surface area contributed by atoms with Crippen LogP contribution < -0.4 is 5.73 Å². The molecular formula is C23H29N7O. The van der Waals surface area contributed by atoms with Crippen molar-refractivity contribution in [3.05, 3.63) is 36.2 Å². The summed E-state index contributed by atoms with van der Waals surface area (Å²) >= 11 is 0. The monoisotopic (exact) mass is 419 g/mol. The Kier molecular flexibility index (Phi) is 5.31. The van der Waals surface area contributed by atoms with Gasteiger partial charge in [-0.05, 0) is 32.0 Å². The van der Waals surface area contributed by atoms with Crippen LogP contribution in [-0.4, -0.2) is 68.5 Å². The topological polar surface area (TPSA) is 93.2 Å². The molecule has 31 heavy (non-hydrogen) atoms. The molecule has 1 aliphatic carbocycles. The Morgan fingerprint density at radius 1 is 1.00 bits per heavy atom. The number of rotatable bonds is 3. The smallest absolute Gasteiger partial charge is 0.253 e. The Morgan fingerprint density at radius 3 is 2.42 bits per heavy atom. The lowest BCUT2D eigenvalue weighted by molar-refractivity contribution is 0.0664. The van der Waals surface area contributed by atoms with E-state index in [1.54, 1.807) is 0 Å². The van der Waals surface area contributed by atoms with Gasteiger partial charge in [0.2, 0.25) is 0 Å². The molecule has 8 heteroatoms. The number of carbonyl (C=O) groups excluding carboxylic acids is 1. The Bertz CT molecular complexity index is 1080. The van der Waals surface area contributed by atoms with Crippen molar-refractivity contribution in [1.29, 1.82) is 0 Å². The van der Waals surface area contributed by atoms with Gasteiger partial charge in [-0.3, -0.25) is 4.79 Å². The van der Waals surface area contributed by atoms with Crippen LogP contribution in [0.15, 0.2) is 30.6 Å². The average Bonchev–Trinajstić information content (AvgIpc) is 3.24. The molecule has 8 nitrogen and oxygen atoms in total. The molecule has 0 atom stereocenters. The molecule has 0 unspecified atom stereocenters. The molecule has 2 aromatic heterocycles. The maximum Gasteiger partial charge on any atom is 0.253 e. The molecule has 1 aliphatic heterocycles. The van der Waals surface area contributed by atoms with Crippen LogP contribution in [0.3, 0.4) is 0 Å². The van der Waals surface area contributed by atoms with E-state index in [1.807, 2.05) is 35.5 Å². The van der Waals surface area contributed by atoms with Gasteiger partial charge in [0.25, 0.3) is 5.91 Å². The molecule has 5 rings (SSSR count). The van der Waals surface area contributed by atoms with Crippen LogP contribution in [0, 0.1) is 0 Å². The predicted octanol–water partition coefficient (Wildman–Crippen LogP) is 2.97. The van der Waals surface area contributed by atoms with E-state index in [0.29, 0.717) is 28.8 Å². The highest BCUT2D eigenvalue weighted by atomic mass is 16.2. The highest BCUT2D eigenvalue weighted by molar-refractivity contribution is 5.94. The van der Waals surface area contributed by atoms with Gasteiger partial charge in [0.05, 0.1) is 6.33 Å². The van der Waals surface area contributed by atoms with Gasteiger partial charge in [-0.15, -0.1) is 0 Å². The number of hydrogen-bond donors (Lipinski definition) is 1. The first-order chi connectivity index (χ1) is 15.1. The molecule has 1 aromatic carbocycles. The van der Waals surface area contributed by atoms with Crippen molar-refractivity contribution in [3.63, 3.8) is 0 Å². The summed E-state index contributed by atoms with van der Waals surface area (Å²) in [4.78, 5) is 30.8. The van der Waals surface area contributed by atoms with Gasteiger partial charge in [-0.1, -0.05) is 31.4 Å². The number of likely N-dealkylation sites (N-methyl/N-ethyl adjacent to an activating group) is 1. The van der Waals surface area contributed by atoms with Gasteiger partial charge < -0.3 is 20.1 Å². The molecule has 3 aromatic rings. The second-order valence-electron chi connectivity index (χ2n) is 8.72. The number of hydrogen-bond acceptors (Lipinski definition) is 6. The van der Waals surface area contributed by atoms with E-state index in [-0.39, 0.29) is 5.91 Å². The Hall–Kier alpha value is -3.00. The van der Waals surface area contributed by atoms with Crippen molar-refractivity contribution >= 4 is 22.9 Å². The minimum atomic E-state index is 0.0749. The molecule has 3 heterocycles. The van der Waals surface area contributed by atoms with E-state index >= 15 is 0 Å². The van der Waals surface area contributed by atoms with Crippen molar-refractivity contribution in [2.45, 2.75) is 38.1 Å². The molecule has 2 fully saturated rings. The third kappa shape index (κ3) is 3.87. The summed E-state index contributed by atoms with van der Waals surface area (Å²) in [5.41, 5.74) is 9.23. The van der Waals surface area contributed by atoms with E-state index in [2.05, 4.69) is 26.5 Å². The zero-order valence-electron chi connectivity index (χ0n) is 18.0. The predicted molar refractivity (Wildman–Crippen MR) is 121 cm³/mol. The summed E-state index contributed by atoms with van der Waals surface area (Å²) < 4.78 is 2.17. The van der Waals surface area contributed by atoms with Gasteiger partial charge in [0, 0.05) is 43.3 Å². The number of benzene rings is 1. The van der Waals surface area contributed by atoms with Gasteiger partial charge in [0.15, 0.2) is 17.3 Å². The lowest BCUT2D eigenvalue weighted by Gasteiger charge is -2.32. The summed E-state index contributed by atoms with van der Waals surface area (Å²) in [5, 5.41) is 0. The van der Waals surface area contributed by atoms with Crippen LogP contribution in [0.25, 0.3) is 22.6 Å². The second-order valence-corrected chi connectivity index (χ2v) is 8.72. The minimum absolute atomic E-state index is 0.0749. The zero-order valence-corrected chi connectivity index (χ0v) is 18.0. The van der Waals surface area contributed by atoms with E-state index in [1.165, 1.54) is 19.3 Å². The summed E-state index contributed by atoms with van der Waals surface area (Å²) in [6, 6.07) is 7.96. The van der Waals surface area contributed by atoms with Crippen LogP contribution in [0.4, 0.5) is 5.82 Å². The summed E-state index contributed by atoms with van der Waals surface area (Å²) in [5.74, 6) is 1.04. The minimum Gasteiger partial charge on any atom is -0.382 e. The van der Waals surface area contributed by atoms with Crippen LogP contribution in [-0.2, 0) is 0 Å². The first-order valence-electron chi connectivity index (χ1n) is 11.2. The number of fused-ring (bicyclic) bond motifs is 1. The maximum absolute atomic E-state index is 12.8. The second kappa shape index (κ2) is 8.26. The highest BCUT2D eigenvalue weighted by Crippen LogP contribution is 2.32. The van der Waals surface area contributed by atoms with E-state index < -0.39 is 0 Å². The zero-order chi connectivity index (χ0) is 21.4. The molecular weight excluding hydrogens is 390 g/mol. The van der Waals surface area contributed by atoms with Crippen LogP contribution >= 0.6 is 0 Å². The quantitative estimate of drug-likeness (QED) is 0.702. The fourth-order valence-electron chi connectivity index (χ4n) is 4.65. The van der Waals surface area contributed by atoms with Gasteiger partial charge in [0.1, 0.15) is 5.52 Å². The largest absolute Gasteiger partial charge is 0.382 e.